The van der Waals surface area contributed by atoms with E-state index in [1.165, 1.54) is 6.42 Å². The summed E-state index contributed by atoms with van der Waals surface area (Å²) < 4.78 is 0. The molecule has 2 N–H and O–H groups in total. The van der Waals surface area contributed by atoms with Crippen molar-refractivity contribution in [2.24, 2.45) is 0 Å². The molecule has 1 atom stereocenters. The van der Waals surface area contributed by atoms with E-state index >= 15 is 0 Å². The molecule has 2 nitrogen and oxygen atoms in total. The average molecular weight is 138 g/mol. The van der Waals surface area contributed by atoms with Gasteiger partial charge in [-0.25, -0.2) is 0 Å². The van der Waals surface area contributed by atoms with Crippen molar-refractivity contribution in [2.75, 3.05) is 19.6 Å². The molecule has 0 amide bonds. The summed E-state index contributed by atoms with van der Waals surface area (Å²) in [6, 6.07) is 0.493. The first-order valence-electron chi connectivity index (χ1n) is 3.81. The van der Waals surface area contributed by atoms with Crippen LogP contribution in [0.1, 0.15) is 12.8 Å². The summed E-state index contributed by atoms with van der Waals surface area (Å²) in [6.45, 7) is 3.23. The Labute approximate surface area is 62.4 Å². The fourth-order valence-electron chi connectivity index (χ4n) is 1.15. The van der Waals surface area contributed by atoms with Crippen molar-refractivity contribution in [1.82, 2.24) is 10.6 Å². The fraction of sp³-hybridized carbons (Fsp3) is 0.750. The zero-order valence-electron chi connectivity index (χ0n) is 6.19. The molecule has 56 valence electrons. The van der Waals surface area contributed by atoms with Gasteiger partial charge in [-0.1, -0.05) is 0 Å². The van der Waals surface area contributed by atoms with Crippen LogP contribution in [-0.4, -0.2) is 25.7 Å². The molecule has 0 aromatic carbocycles. The van der Waals surface area contributed by atoms with E-state index in [1.807, 2.05) is 0 Å². The zero-order valence-corrected chi connectivity index (χ0v) is 6.19. The maximum absolute atomic E-state index is 5.19. The third kappa shape index (κ3) is 2.38. The van der Waals surface area contributed by atoms with Crippen LogP contribution in [0.15, 0.2) is 0 Å². The summed E-state index contributed by atoms with van der Waals surface area (Å²) in [5, 5.41) is 6.70. The van der Waals surface area contributed by atoms with Crippen LogP contribution in [0.2, 0.25) is 0 Å². The minimum absolute atomic E-state index is 0.493. The van der Waals surface area contributed by atoms with Gasteiger partial charge in [0, 0.05) is 19.0 Å². The molecule has 1 unspecified atom stereocenters. The van der Waals surface area contributed by atoms with Gasteiger partial charge in [-0.05, 0) is 19.5 Å². The molecule has 1 rings (SSSR count). The van der Waals surface area contributed by atoms with Crippen LogP contribution in [0.3, 0.4) is 0 Å². The predicted molar refractivity (Wildman–Crippen MR) is 42.7 cm³/mol. The van der Waals surface area contributed by atoms with Crippen LogP contribution in [-0.2, 0) is 0 Å². The lowest BCUT2D eigenvalue weighted by Gasteiger charge is -2.11. The number of rotatable bonds is 1. The molecule has 10 heavy (non-hydrogen) atoms. The van der Waals surface area contributed by atoms with Gasteiger partial charge in [0.1, 0.15) is 0 Å². The summed E-state index contributed by atoms with van der Waals surface area (Å²) >= 11 is 0. The highest BCUT2D eigenvalue weighted by Gasteiger charge is 2.07. The Morgan fingerprint density at radius 2 is 2.40 bits per heavy atom. The van der Waals surface area contributed by atoms with E-state index in [4.69, 9.17) is 6.42 Å². The van der Waals surface area contributed by atoms with Crippen LogP contribution in [0.25, 0.3) is 0 Å². The van der Waals surface area contributed by atoms with E-state index in [0.29, 0.717) is 6.04 Å². The van der Waals surface area contributed by atoms with Gasteiger partial charge in [-0.2, -0.15) is 0 Å². The minimum atomic E-state index is 0.493. The Kier molecular flexibility index (Phi) is 3.28. The van der Waals surface area contributed by atoms with Gasteiger partial charge in [0.2, 0.25) is 0 Å². The molecule has 0 radical (unpaired) electrons. The van der Waals surface area contributed by atoms with E-state index in [1.54, 1.807) is 0 Å². The molecule has 2 heteroatoms. The second kappa shape index (κ2) is 4.32. The van der Waals surface area contributed by atoms with Crippen molar-refractivity contribution < 1.29 is 0 Å². The van der Waals surface area contributed by atoms with Crippen molar-refractivity contribution in [1.29, 1.82) is 0 Å². The number of hydrogen-bond acceptors (Lipinski definition) is 2. The Hall–Kier alpha value is -0.520. The molecule has 0 spiro atoms. The highest BCUT2D eigenvalue weighted by atomic mass is 15.0. The molecule has 1 heterocycles. The van der Waals surface area contributed by atoms with Crippen LogP contribution in [0.4, 0.5) is 0 Å². The Morgan fingerprint density at radius 3 is 3.20 bits per heavy atom. The average Bonchev–Trinajstić information content (AvgIpc) is 2.17. The quantitative estimate of drug-likeness (QED) is 0.497. The predicted octanol–water partition coefficient (Wildman–Crippen LogP) is -0.0388. The molecular weight excluding hydrogens is 124 g/mol. The molecule has 1 saturated heterocycles. The first kappa shape index (κ1) is 7.59. The molecular formula is C8H14N2. The van der Waals surface area contributed by atoms with Crippen LogP contribution in [0, 0.1) is 12.3 Å². The number of nitrogens with one attached hydrogen (secondary N) is 2. The largest absolute Gasteiger partial charge is 0.315 e. The molecule has 0 aliphatic carbocycles. The second-order valence-corrected chi connectivity index (χ2v) is 2.62. The van der Waals surface area contributed by atoms with E-state index in [0.717, 1.165) is 26.1 Å². The van der Waals surface area contributed by atoms with Crippen LogP contribution in [0.5, 0.6) is 0 Å². The highest BCUT2D eigenvalue weighted by molar-refractivity contribution is 4.91. The maximum atomic E-state index is 5.19. The van der Waals surface area contributed by atoms with Gasteiger partial charge in [0.05, 0.1) is 0 Å². The Bertz CT molecular complexity index is 118. The summed E-state index contributed by atoms with van der Waals surface area (Å²) in [5.74, 6) is 2.66. The zero-order chi connectivity index (χ0) is 7.23. The van der Waals surface area contributed by atoms with Gasteiger partial charge < -0.3 is 10.6 Å². The summed E-state index contributed by atoms with van der Waals surface area (Å²) in [7, 11) is 0. The number of hydrogen-bond donors (Lipinski definition) is 2. The first-order chi connectivity index (χ1) is 4.93. The molecule has 1 aliphatic rings. The molecule has 0 saturated carbocycles. The maximum Gasteiger partial charge on any atom is 0.0301 e. The van der Waals surface area contributed by atoms with Crippen LogP contribution < -0.4 is 10.6 Å². The van der Waals surface area contributed by atoms with Gasteiger partial charge in [0.25, 0.3) is 0 Å². The molecule has 0 aromatic rings. The van der Waals surface area contributed by atoms with Gasteiger partial charge in [-0.3, -0.25) is 0 Å². The van der Waals surface area contributed by atoms with E-state index in [2.05, 4.69) is 16.6 Å². The Balaban J connectivity index is 2.23. The lowest BCUT2D eigenvalue weighted by atomic mass is 10.2. The molecule has 0 bridgehead atoms. The third-order valence-corrected chi connectivity index (χ3v) is 1.72. The summed E-state index contributed by atoms with van der Waals surface area (Å²) in [5.41, 5.74) is 0. The summed E-state index contributed by atoms with van der Waals surface area (Å²) in [4.78, 5) is 0. The number of terminal acetylenes is 1. The molecule has 1 aliphatic heterocycles. The molecule has 0 aromatic heterocycles. The second-order valence-electron chi connectivity index (χ2n) is 2.62. The highest BCUT2D eigenvalue weighted by Crippen LogP contribution is 1.92. The smallest absolute Gasteiger partial charge is 0.0301 e. The lowest BCUT2D eigenvalue weighted by molar-refractivity contribution is 0.538. The van der Waals surface area contributed by atoms with Crippen LogP contribution >= 0.6 is 0 Å². The van der Waals surface area contributed by atoms with Crippen molar-refractivity contribution >= 4 is 0 Å². The minimum Gasteiger partial charge on any atom is -0.315 e. The van der Waals surface area contributed by atoms with Gasteiger partial charge in [-0.15, -0.1) is 12.3 Å². The lowest BCUT2D eigenvalue weighted by Crippen LogP contribution is -2.34. The fourth-order valence-corrected chi connectivity index (χ4v) is 1.15. The van der Waals surface area contributed by atoms with Crippen molar-refractivity contribution in [3.05, 3.63) is 0 Å². The van der Waals surface area contributed by atoms with Gasteiger partial charge in [0.15, 0.2) is 0 Å². The van der Waals surface area contributed by atoms with Gasteiger partial charge >= 0.3 is 0 Å². The van der Waals surface area contributed by atoms with E-state index in [-0.39, 0.29) is 0 Å². The van der Waals surface area contributed by atoms with Crippen molar-refractivity contribution in [3.63, 3.8) is 0 Å². The Morgan fingerprint density at radius 1 is 1.50 bits per heavy atom. The standard InChI is InChI=1S/C8H14N2/c1-2-4-8-7-9-5-3-6-10-8/h1,8-10H,3-7H2. The first-order valence-corrected chi connectivity index (χ1v) is 3.81. The van der Waals surface area contributed by atoms with Crippen molar-refractivity contribution in [2.45, 2.75) is 18.9 Å². The van der Waals surface area contributed by atoms with Crippen molar-refractivity contribution in [3.8, 4) is 12.3 Å². The van der Waals surface area contributed by atoms with E-state index in [9.17, 15) is 0 Å². The topological polar surface area (TPSA) is 24.1 Å². The third-order valence-electron chi connectivity index (χ3n) is 1.72. The monoisotopic (exact) mass is 138 g/mol. The van der Waals surface area contributed by atoms with E-state index < -0.39 is 0 Å². The SMILES string of the molecule is C#CCC1CNCCCN1. The summed E-state index contributed by atoms with van der Waals surface area (Å²) in [6.07, 6.45) is 7.24. The molecule has 1 fully saturated rings. The normalized spacial score (nSPS) is 26.9.